The molecule has 13 heavy (non-hydrogen) atoms. The molecule has 0 bridgehead atoms. The van der Waals surface area contributed by atoms with Crippen LogP contribution in [0, 0.1) is 5.92 Å². The molecule has 1 heterocycles. The Labute approximate surface area is 84.3 Å². The Morgan fingerprint density at radius 3 is 1.62 bits per heavy atom. The van der Waals surface area contributed by atoms with E-state index in [1.165, 1.54) is 0 Å². The SMILES string of the molecule is CC.CC.CC1COCC1N(C)C. The van der Waals surface area contributed by atoms with Crippen LogP contribution in [0.2, 0.25) is 0 Å². The van der Waals surface area contributed by atoms with E-state index in [1.807, 2.05) is 27.7 Å². The minimum Gasteiger partial charge on any atom is -0.379 e. The number of rotatable bonds is 1. The highest BCUT2D eigenvalue weighted by molar-refractivity contribution is 4.77. The molecule has 2 nitrogen and oxygen atoms in total. The molecule has 0 aromatic rings. The lowest BCUT2D eigenvalue weighted by Gasteiger charge is -2.20. The lowest BCUT2D eigenvalue weighted by Crippen LogP contribution is -2.32. The van der Waals surface area contributed by atoms with Crippen LogP contribution in [0.1, 0.15) is 34.6 Å². The van der Waals surface area contributed by atoms with E-state index in [4.69, 9.17) is 4.74 Å². The fourth-order valence-corrected chi connectivity index (χ4v) is 1.31. The number of nitrogens with zero attached hydrogens (tertiary/aromatic N) is 1. The minimum absolute atomic E-state index is 0.644. The molecule has 1 rings (SSSR count). The second-order valence-corrected chi connectivity index (χ2v) is 3.05. The van der Waals surface area contributed by atoms with E-state index in [2.05, 4.69) is 25.9 Å². The molecule has 0 aromatic heterocycles. The van der Waals surface area contributed by atoms with Gasteiger partial charge in [0.2, 0.25) is 0 Å². The van der Waals surface area contributed by atoms with Crippen LogP contribution in [0.15, 0.2) is 0 Å². The van der Waals surface area contributed by atoms with Crippen LogP contribution in [0.4, 0.5) is 0 Å². The summed E-state index contributed by atoms with van der Waals surface area (Å²) in [5.41, 5.74) is 0. The van der Waals surface area contributed by atoms with Crippen molar-refractivity contribution in [1.82, 2.24) is 4.90 Å². The van der Waals surface area contributed by atoms with E-state index in [0.717, 1.165) is 13.2 Å². The Bertz CT molecular complexity index is 94.1. The smallest absolute Gasteiger partial charge is 0.0625 e. The molecule has 1 saturated heterocycles. The zero-order valence-electron chi connectivity index (χ0n) is 10.4. The van der Waals surface area contributed by atoms with Crippen molar-refractivity contribution < 1.29 is 4.74 Å². The second-order valence-electron chi connectivity index (χ2n) is 3.05. The first-order chi connectivity index (χ1) is 6.22. The summed E-state index contributed by atoms with van der Waals surface area (Å²) >= 11 is 0. The third-order valence-electron chi connectivity index (χ3n) is 1.99. The predicted molar refractivity (Wildman–Crippen MR) is 60.2 cm³/mol. The van der Waals surface area contributed by atoms with Gasteiger partial charge in [0.05, 0.1) is 13.2 Å². The van der Waals surface area contributed by atoms with Gasteiger partial charge in [-0.1, -0.05) is 34.6 Å². The Balaban J connectivity index is 0. The first kappa shape index (κ1) is 15.4. The van der Waals surface area contributed by atoms with Gasteiger partial charge in [0.25, 0.3) is 0 Å². The summed E-state index contributed by atoms with van der Waals surface area (Å²) in [4.78, 5) is 2.23. The number of ether oxygens (including phenoxy) is 1. The zero-order valence-corrected chi connectivity index (χ0v) is 10.4. The van der Waals surface area contributed by atoms with Crippen LogP contribution < -0.4 is 0 Å². The molecule has 0 saturated carbocycles. The molecule has 0 amide bonds. The van der Waals surface area contributed by atoms with Crippen molar-refractivity contribution in [2.24, 2.45) is 5.92 Å². The number of hydrogen-bond acceptors (Lipinski definition) is 2. The van der Waals surface area contributed by atoms with Crippen molar-refractivity contribution in [1.29, 1.82) is 0 Å². The van der Waals surface area contributed by atoms with Crippen LogP contribution >= 0.6 is 0 Å². The summed E-state index contributed by atoms with van der Waals surface area (Å²) in [6, 6.07) is 0.644. The predicted octanol–water partition coefficient (Wildman–Crippen LogP) is 2.64. The van der Waals surface area contributed by atoms with Crippen molar-refractivity contribution in [3.05, 3.63) is 0 Å². The Hall–Kier alpha value is -0.0800. The zero-order chi connectivity index (χ0) is 10.9. The molecule has 0 aromatic carbocycles. The molecular formula is C11H27NO. The average Bonchev–Trinajstić information content (AvgIpc) is 2.58. The maximum Gasteiger partial charge on any atom is 0.0625 e. The standard InChI is InChI=1S/C7H15NO.2C2H6/c1-6-4-9-5-7(6)8(2)3;2*1-2/h6-7H,4-5H2,1-3H3;2*1-2H3. The van der Waals surface area contributed by atoms with Crippen LogP contribution in [-0.2, 0) is 4.74 Å². The molecule has 0 N–H and O–H groups in total. The van der Waals surface area contributed by atoms with Crippen LogP contribution in [0.25, 0.3) is 0 Å². The molecule has 2 unspecified atom stereocenters. The summed E-state index contributed by atoms with van der Waals surface area (Å²) in [5, 5.41) is 0. The highest BCUT2D eigenvalue weighted by Gasteiger charge is 2.25. The maximum absolute atomic E-state index is 5.29. The topological polar surface area (TPSA) is 12.5 Å². The van der Waals surface area contributed by atoms with E-state index in [1.54, 1.807) is 0 Å². The first-order valence-corrected chi connectivity index (χ1v) is 5.46. The summed E-state index contributed by atoms with van der Waals surface area (Å²) in [6.07, 6.45) is 0. The van der Waals surface area contributed by atoms with Gasteiger partial charge in [0.15, 0.2) is 0 Å². The Kier molecular flexibility index (Phi) is 11.8. The van der Waals surface area contributed by atoms with Gasteiger partial charge in [-0.05, 0) is 20.0 Å². The maximum atomic E-state index is 5.29. The summed E-state index contributed by atoms with van der Waals surface area (Å²) in [6.45, 7) is 12.1. The number of likely N-dealkylation sites (N-methyl/N-ethyl adjacent to an activating group) is 1. The quantitative estimate of drug-likeness (QED) is 0.629. The van der Waals surface area contributed by atoms with E-state index < -0.39 is 0 Å². The van der Waals surface area contributed by atoms with Crippen molar-refractivity contribution >= 4 is 0 Å². The molecule has 0 radical (unpaired) electrons. The summed E-state index contributed by atoms with van der Waals surface area (Å²) in [7, 11) is 4.21. The molecule has 1 fully saturated rings. The normalized spacial score (nSPS) is 25.8. The fraction of sp³-hybridized carbons (Fsp3) is 1.00. The Morgan fingerprint density at radius 2 is 1.46 bits per heavy atom. The molecular weight excluding hydrogens is 162 g/mol. The van der Waals surface area contributed by atoms with Gasteiger partial charge in [0, 0.05) is 6.04 Å². The van der Waals surface area contributed by atoms with E-state index in [9.17, 15) is 0 Å². The van der Waals surface area contributed by atoms with Crippen LogP contribution in [-0.4, -0.2) is 38.3 Å². The second kappa shape index (κ2) is 10.0. The lowest BCUT2D eigenvalue weighted by molar-refractivity contribution is 0.169. The van der Waals surface area contributed by atoms with E-state index in [0.29, 0.717) is 12.0 Å². The molecule has 0 spiro atoms. The van der Waals surface area contributed by atoms with Gasteiger partial charge < -0.3 is 9.64 Å². The summed E-state index contributed by atoms with van der Waals surface area (Å²) < 4.78 is 5.29. The molecule has 2 heteroatoms. The van der Waals surface area contributed by atoms with Gasteiger partial charge in [-0.2, -0.15) is 0 Å². The van der Waals surface area contributed by atoms with Crippen molar-refractivity contribution in [2.75, 3.05) is 27.3 Å². The molecule has 2 atom stereocenters. The van der Waals surface area contributed by atoms with Gasteiger partial charge in [-0.25, -0.2) is 0 Å². The Morgan fingerprint density at radius 1 is 1.00 bits per heavy atom. The average molecular weight is 189 g/mol. The van der Waals surface area contributed by atoms with Crippen molar-refractivity contribution in [2.45, 2.75) is 40.7 Å². The van der Waals surface area contributed by atoms with Crippen molar-refractivity contribution in [3.8, 4) is 0 Å². The molecule has 0 aliphatic carbocycles. The number of hydrogen-bond donors (Lipinski definition) is 0. The highest BCUT2D eigenvalue weighted by Crippen LogP contribution is 2.15. The van der Waals surface area contributed by atoms with Gasteiger partial charge in [-0.3, -0.25) is 0 Å². The highest BCUT2D eigenvalue weighted by atomic mass is 16.5. The minimum atomic E-state index is 0.644. The lowest BCUT2D eigenvalue weighted by atomic mass is 10.1. The van der Waals surface area contributed by atoms with Gasteiger partial charge >= 0.3 is 0 Å². The van der Waals surface area contributed by atoms with Gasteiger partial charge in [0.1, 0.15) is 0 Å². The third kappa shape index (κ3) is 6.05. The monoisotopic (exact) mass is 189 g/mol. The molecule has 1 aliphatic heterocycles. The van der Waals surface area contributed by atoms with Crippen LogP contribution in [0.5, 0.6) is 0 Å². The van der Waals surface area contributed by atoms with Crippen molar-refractivity contribution in [3.63, 3.8) is 0 Å². The van der Waals surface area contributed by atoms with Crippen LogP contribution in [0.3, 0.4) is 0 Å². The first-order valence-electron chi connectivity index (χ1n) is 5.46. The summed E-state index contributed by atoms with van der Waals surface area (Å²) in [5.74, 6) is 0.708. The van der Waals surface area contributed by atoms with Gasteiger partial charge in [-0.15, -0.1) is 0 Å². The third-order valence-corrected chi connectivity index (χ3v) is 1.99. The molecule has 82 valence electrons. The van der Waals surface area contributed by atoms with E-state index in [-0.39, 0.29) is 0 Å². The molecule has 1 aliphatic rings. The fourth-order valence-electron chi connectivity index (χ4n) is 1.31. The largest absolute Gasteiger partial charge is 0.379 e. The van der Waals surface area contributed by atoms with E-state index >= 15 is 0 Å².